The van der Waals surface area contributed by atoms with Gasteiger partial charge in [0.15, 0.2) is 0 Å². The zero-order chi connectivity index (χ0) is 16.4. The number of likely N-dealkylation sites (N-methyl/N-ethyl adjacent to an activating group) is 1. The minimum atomic E-state index is -1.07. The summed E-state index contributed by atoms with van der Waals surface area (Å²) in [5.41, 5.74) is 0. The molecule has 0 bridgehead atoms. The molecule has 0 aliphatic rings. The molecule has 0 aromatic carbocycles. The monoisotopic (exact) mass is 319 g/mol. The maximum absolute atomic E-state index is 12.0. The van der Waals surface area contributed by atoms with E-state index in [9.17, 15) is 14.4 Å². The number of nitrogens with zero attached hydrogens (tertiary/aromatic N) is 1. The fourth-order valence-electron chi connectivity index (χ4n) is 1.60. The molecule has 0 rings (SSSR count). The first-order valence-corrected chi connectivity index (χ1v) is 8.27. The predicted molar refractivity (Wildman–Crippen MR) is 83.5 cm³/mol. The third-order valence-corrected chi connectivity index (χ3v) is 3.30. The summed E-state index contributed by atoms with van der Waals surface area (Å²) >= 11 is 1.51. The molecule has 3 N–H and O–H groups in total. The lowest BCUT2D eigenvalue weighted by atomic mass is 10.2. The Balaban J connectivity index is 4.54. The van der Waals surface area contributed by atoms with E-state index in [-0.39, 0.29) is 18.5 Å². The Hall–Kier alpha value is -1.44. The second kappa shape index (κ2) is 10.3. The van der Waals surface area contributed by atoms with Crippen LogP contribution >= 0.6 is 11.8 Å². The molecule has 21 heavy (non-hydrogen) atoms. The Kier molecular flexibility index (Phi) is 9.60. The van der Waals surface area contributed by atoms with Crippen LogP contribution in [0.3, 0.4) is 0 Å². The summed E-state index contributed by atoms with van der Waals surface area (Å²) in [4.78, 5) is 36.1. The van der Waals surface area contributed by atoms with Crippen molar-refractivity contribution in [3.05, 3.63) is 0 Å². The van der Waals surface area contributed by atoms with Crippen LogP contribution in [0.15, 0.2) is 0 Å². The molecule has 0 aromatic rings. The van der Waals surface area contributed by atoms with Crippen LogP contribution < -0.4 is 10.6 Å². The summed E-state index contributed by atoms with van der Waals surface area (Å²) in [6.07, 6.45) is 2.22. The van der Waals surface area contributed by atoms with E-state index in [0.717, 1.165) is 0 Å². The number of nitrogens with one attached hydrogen (secondary N) is 2. The molecule has 0 aromatic heterocycles. The molecule has 0 spiro atoms. The number of carboxylic acid groups (broad SMARTS) is 1. The topological polar surface area (TPSA) is 98.7 Å². The highest BCUT2D eigenvalue weighted by Gasteiger charge is 2.23. The average molecular weight is 319 g/mol. The molecule has 0 unspecified atom stereocenters. The van der Waals surface area contributed by atoms with Crippen LogP contribution in [0.1, 0.15) is 27.2 Å². The number of urea groups is 1. The highest BCUT2D eigenvalue weighted by atomic mass is 32.2. The Bertz CT molecular complexity index is 363. The van der Waals surface area contributed by atoms with Gasteiger partial charge in [0.25, 0.3) is 0 Å². The second-order valence-corrected chi connectivity index (χ2v) is 5.84. The maximum atomic E-state index is 12.0. The lowest BCUT2D eigenvalue weighted by molar-refractivity contribution is -0.139. The van der Waals surface area contributed by atoms with E-state index in [2.05, 4.69) is 10.6 Å². The average Bonchev–Trinajstić information content (AvgIpc) is 2.39. The summed E-state index contributed by atoms with van der Waals surface area (Å²) in [5, 5.41) is 14.2. The van der Waals surface area contributed by atoms with Crippen molar-refractivity contribution in [2.45, 2.75) is 39.3 Å². The SMILES string of the molecule is CCN(CC(=O)NC(C)C)C(=O)N[C@H](CCSC)C(=O)O. The number of thioether (sulfide) groups is 1. The first-order valence-electron chi connectivity index (χ1n) is 6.88. The molecule has 0 radical (unpaired) electrons. The third-order valence-electron chi connectivity index (χ3n) is 2.66. The van der Waals surface area contributed by atoms with Crippen molar-refractivity contribution in [1.29, 1.82) is 0 Å². The predicted octanol–water partition coefficient (Wildman–Crippen LogP) is 0.749. The third kappa shape index (κ3) is 8.44. The fourth-order valence-corrected chi connectivity index (χ4v) is 2.07. The van der Waals surface area contributed by atoms with Crippen molar-refractivity contribution < 1.29 is 19.5 Å². The van der Waals surface area contributed by atoms with Crippen LogP contribution in [0.2, 0.25) is 0 Å². The van der Waals surface area contributed by atoms with Gasteiger partial charge in [0.2, 0.25) is 5.91 Å². The summed E-state index contributed by atoms with van der Waals surface area (Å²) in [7, 11) is 0. The molecule has 8 heteroatoms. The number of carboxylic acids is 1. The standard InChI is InChI=1S/C13H25N3O4S/c1-5-16(8-11(17)14-9(2)3)13(20)15-10(12(18)19)6-7-21-4/h9-10H,5-8H2,1-4H3,(H,14,17)(H,15,20)(H,18,19)/t10-/m1/s1. The van der Waals surface area contributed by atoms with Crippen LogP contribution in [0.25, 0.3) is 0 Å². The van der Waals surface area contributed by atoms with Crippen molar-refractivity contribution in [1.82, 2.24) is 15.5 Å². The van der Waals surface area contributed by atoms with E-state index in [1.807, 2.05) is 20.1 Å². The zero-order valence-electron chi connectivity index (χ0n) is 13.0. The molecule has 1 atom stereocenters. The lowest BCUT2D eigenvalue weighted by Crippen LogP contribution is -2.51. The molecule has 0 fully saturated rings. The molecular weight excluding hydrogens is 294 g/mol. The Morgan fingerprint density at radius 1 is 1.24 bits per heavy atom. The van der Waals surface area contributed by atoms with Gasteiger partial charge in [0.05, 0.1) is 0 Å². The van der Waals surface area contributed by atoms with E-state index >= 15 is 0 Å². The number of hydrogen-bond acceptors (Lipinski definition) is 4. The van der Waals surface area contributed by atoms with Crippen molar-refractivity contribution in [3.63, 3.8) is 0 Å². The van der Waals surface area contributed by atoms with E-state index in [4.69, 9.17) is 5.11 Å². The number of amides is 3. The first-order chi connectivity index (χ1) is 9.81. The second-order valence-electron chi connectivity index (χ2n) is 4.86. The van der Waals surface area contributed by atoms with E-state index in [1.165, 1.54) is 16.7 Å². The molecular formula is C13H25N3O4S. The highest BCUT2D eigenvalue weighted by Crippen LogP contribution is 2.02. The zero-order valence-corrected chi connectivity index (χ0v) is 13.8. The molecule has 0 aliphatic heterocycles. The van der Waals surface area contributed by atoms with Crippen molar-refractivity contribution in [3.8, 4) is 0 Å². The van der Waals surface area contributed by atoms with Crippen molar-refractivity contribution in [2.24, 2.45) is 0 Å². The summed E-state index contributed by atoms with van der Waals surface area (Å²) in [5.74, 6) is -0.699. The smallest absolute Gasteiger partial charge is 0.326 e. The number of carbonyl (C=O) groups is 3. The van der Waals surface area contributed by atoms with Gasteiger partial charge < -0.3 is 20.6 Å². The van der Waals surface area contributed by atoms with Crippen LogP contribution in [-0.2, 0) is 9.59 Å². The van der Waals surface area contributed by atoms with Gasteiger partial charge in [-0.05, 0) is 39.2 Å². The van der Waals surface area contributed by atoms with Gasteiger partial charge >= 0.3 is 12.0 Å². The molecule has 7 nitrogen and oxygen atoms in total. The van der Waals surface area contributed by atoms with Crippen LogP contribution in [-0.4, -0.2) is 65.1 Å². The molecule has 0 aliphatic carbocycles. The van der Waals surface area contributed by atoms with Gasteiger partial charge in [-0.15, -0.1) is 0 Å². The highest BCUT2D eigenvalue weighted by molar-refractivity contribution is 7.98. The molecule has 0 heterocycles. The van der Waals surface area contributed by atoms with Crippen molar-refractivity contribution in [2.75, 3.05) is 25.1 Å². The van der Waals surface area contributed by atoms with Crippen LogP contribution in [0.4, 0.5) is 4.79 Å². The maximum Gasteiger partial charge on any atom is 0.326 e. The summed E-state index contributed by atoms with van der Waals surface area (Å²) < 4.78 is 0. The number of rotatable bonds is 9. The molecule has 0 saturated carbocycles. The van der Waals surface area contributed by atoms with Gasteiger partial charge in [0.1, 0.15) is 12.6 Å². The summed E-state index contributed by atoms with van der Waals surface area (Å²) in [6.45, 7) is 5.63. The lowest BCUT2D eigenvalue weighted by Gasteiger charge is -2.24. The number of hydrogen-bond donors (Lipinski definition) is 3. The fraction of sp³-hybridized carbons (Fsp3) is 0.769. The minimum absolute atomic E-state index is 0.00684. The van der Waals surface area contributed by atoms with E-state index in [1.54, 1.807) is 6.92 Å². The van der Waals surface area contributed by atoms with Gasteiger partial charge in [-0.2, -0.15) is 11.8 Å². The number of aliphatic carboxylic acids is 1. The van der Waals surface area contributed by atoms with Crippen molar-refractivity contribution >= 4 is 29.7 Å². The van der Waals surface area contributed by atoms with Crippen LogP contribution in [0.5, 0.6) is 0 Å². The van der Waals surface area contributed by atoms with E-state index in [0.29, 0.717) is 18.7 Å². The Labute approximate surface area is 129 Å². The van der Waals surface area contributed by atoms with Gasteiger partial charge in [-0.3, -0.25) is 4.79 Å². The van der Waals surface area contributed by atoms with Gasteiger partial charge in [0, 0.05) is 12.6 Å². The molecule has 122 valence electrons. The first kappa shape index (κ1) is 19.6. The Morgan fingerprint density at radius 2 is 1.86 bits per heavy atom. The minimum Gasteiger partial charge on any atom is -0.480 e. The summed E-state index contributed by atoms with van der Waals surface area (Å²) in [6, 6.07) is -1.48. The van der Waals surface area contributed by atoms with Gasteiger partial charge in [-0.1, -0.05) is 0 Å². The van der Waals surface area contributed by atoms with Crippen LogP contribution in [0, 0.1) is 0 Å². The normalized spacial score (nSPS) is 11.9. The largest absolute Gasteiger partial charge is 0.480 e. The molecule has 3 amide bonds. The Morgan fingerprint density at radius 3 is 2.29 bits per heavy atom. The quantitative estimate of drug-likeness (QED) is 0.582. The van der Waals surface area contributed by atoms with E-state index < -0.39 is 18.0 Å². The number of carbonyl (C=O) groups excluding carboxylic acids is 2. The van der Waals surface area contributed by atoms with Gasteiger partial charge in [-0.25, -0.2) is 9.59 Å². The molecule has 0 saturated heterocycles.